The molecule has 1 heterocycles. The first-order valence-electron chi connectivity index (χ1n) is 8.37. The number of aliphatic hydroxyl groups is 1. The van der Waals surface area contributed by atoms with Crippen LogP contribution < -0.4 is 0 Å². The Bertz CT molecular complexity index is 598. The van der Waals surface area contributed by atoms with Crippen molar-refractivity contribution in [3.8, 4) is 0 Å². The van der Waals surface area contributed by atoms with Crippen molar-refractivity contribution in [2.24, 2.45) is 0 Å². The molecule has 124 valence electrons. The Morgan fingerprint density at radius 2 is 2.04 bits per heavy atom. The van der Waals surface area contributed by atoms with Gasteiger partial charge in [0.05, 0.1) is 19.1 Å². The molecule has 5 heteroatoms. The normalized spacial score (nSPS) is 20.1. The van der Waals surface area contributed by atoms with Gasteiger partial charge < -0.3 is 14.9 Å². The van der Waals surface area contributed by atoms with Gasteiger partial charge in [-0.3, -0.25) is 9.59 Å². The Morgan fingerprint density at radius 1 is 1.30 bits per heavy atom. The van der Waals surface area contributed by atoms with Gasteiger partial charge in [0.1, 0.15) is 0 Å². The van der Waals surface area contributed by atoms with E-state index < -0.39 is 0 Å². The zero-order chi connectivity index (χ0) is 16.4. The number of carbonyl (C=O) groups is 2. The van der Waals surface area contributed by atoms with Gasteiger partial charge in [0.2, 0.25) is 11.8 Å². The minimum absolute atomic E-state index is 0.0115. The van der Waals surface area contributed by atoms with Crippen LogP contribution in [0.15, 0.2) is 24.3 Å². The topological polar surface area (TPSA) is 60.9 Å². The maximum absolute atomic E-state index is 12.7. The van der Waals surface area contributed by atoms with Gasteiger partial charge in [-0.2, -0.15) is 0 Å². The van der Waals surface area contributed by atoms with E-state index in [-0.39, 0.29) is 30.5 Å². The standard InChI is InChI=1S/C18H24N2O3/c1-13(22)19-9-8-14-4-2-3-5-16(14)17(19)12-18(23)20(10-11-21)15-6-7-15/h2-5,15,17,21H,6-12H2,1H3. The summed E-state index contributed by atoms with van der Waals surface area (Å²) in [7, 11) is 0. The summed E-state index contributed by atoms with van der Waals surface area (Å²) in [4.78, 5) is 28.3. The van der Waals surface area contributed by atoms with Crippen LogP contribution in [0.2, 0.25) is 0 Å². The van der Waals surface area contributed by atoms with Crippen LogP contribution in [0, 0.1) is 0 Å². The molecule has 0 saturated heterocycles. The van der Waals surface area contributed by atoms with Crippen LogP contribution in [-0.2, 0) is 16.0 Å². The van der Waals surface area contributed by atoms with E-state index in [0.29, 0.717) is 19.5 Å². The second-order valence-electron chi connectivity index (χ2n) is 6.42. The molecular formula is C18H24N2O3. The molecule has 0 bridgehead atoms. The zero-order valence-electron chi connectivity index (χ0n) is 13.6. The number of aliphatic hydroxyl groups excluding tert-OH is 1. The fourth-order valence-corrected chi connectivity index (χ4v) is 3.54. The van der Waals surface area contributed by atoms with Crippen LogP contribution in [-0.4, -0.2) is 52.5 Å². The van der Waals surface area contributed by atoms with Gasteiger partial charge in [-0.1, -0.05) is 24.3 Å². The number of nitrogens with zero attached hydrogens (tertiary/aromatic N) is 2. The minimum Gasteiger partial charge on any atom is -0.395 e. The molecule has 2 amide bonds. The summed E-state index contributed by atoms with van der Waals surface area (Å²) >= 11 is 0. The van der Waals surface area contributed by atoms with Crippen LogP contribution >= 0.6 is 0 Å². The van der Waals surface area contributed by atoms with E-state index in [1.165, 1.54) is 5.56 Å². The Kier molecular flexibility index (Phi) is 4.66. The molecule has 0 spiro atoms. The van der Waals surface area contributed by atoms with Crippen LogP contribution in [0.4, 0.5) is 0 Å². The molecule has 3 rings (SSSR count). The van der Waals surface area contributed by atoms with Crippen LogP contribution in [0.5, 0.6) is 0 Å². The third-order valence-electron chi connectivity index (χ3n) is 4.83. The molecule has 1 saturated carbocycles. The molecule has 1 N–H and O–H groups in total. The number of benzene rings is 1. The third-order valence-corrected chi connectivity index (χ3v) is 4.83. The summed E-state index contributed by atoms with van der Waals surface area (Å²) < 4.78 is 0. The van der Waals surface area contributed by atoms with Crippen molar-refractivity contribution >= 4 is 11.8 Å². The Morgan fingerprint density at radius 3 is 2.70 bits per heavy atom. The van der Waals surface area contributed by atoms with Crippen molar-refractivity contribution in [2.45, 2.75) is 44.7 Å². The van der Waals surface area contributed by atoms with E-state index in [1.54, 1.807) is 11.8 Å². The highest BCUT2D eigenvalue weighted by Crippen LogP contribution is 2.34. The lowest BCUT2D eigenvalue weighted by atomic mass is 9.90. The quantitative estimate of drug-likeness (QED) is 0.895. The second-order valence-corrected chi connectivity index (χ2v) is 6.42. The van der Waals surface area contributed by atoms with E-state index in [1.807, 2.05) is 23.1 Å². The number of fused-ring (bicyclic) bond motifs is 1. The Labute approximate surface area is 136 Å². The van der Waals surface area contributed by atoms with Crippen molar-refractivity contribution in [3.63, 3.8) is 0 Å². The van der Waals surface area contributed by atoms with Crippen molar-refractivity contribution in [1.82, 2.24) is 9.80 Å². The van der Waals surface area contributed by atoms with Gasteiger partial charge in [-0.05, 0) is 30.4 Å². The van der Waals surface area contributed by atoms with E-state index in [2.05, 4.69) is 6.07 Å². The number of hydrogen-bond acceptors (Lipinski definition) is 3. The van der Waals surface area contributed by atoms with Crippen LogP contribution in [0.1, 0.15) is 43.4 Å². The lowest BCUT2D eigenvalue weighted by Gasteiger charge is -2.37. The fourth-order valence-electron chi connectivity index (χ4n) is 3.54. The largest absolute Gasteiger partial charge is 0.395 e. The first-order chi connectivity index (χ1) is 11.1. The molecule has 5 nitrogen and oxygen atoms in total. The van der Waals surface area contributed by atoms with Gasteiger partial charge in [0, 0.05) is 26.1 Å². The maximum atomic E-state index is 12.7. The Balaban J connectivity index is 1.82. The summed E-state index contributed by atoms with van der Waals surface area (Å²) in [6.45, 7) is 2.60. The van der Waals surface area contributed by atoms with Gasteiger partial charge in [-0.15, -0.1) is 0 Å². The highest BCUT2D eigenvalue weighted by atomic mass is 16.3. The minimum atomic E-state index is -0.190. The van der Waals surface area contributed by atoms with Gasteiger partial charge in [-0.25, -0.2) is 0 Å². The van der Waals surface area contributed by atoms with Crippen molar-refractivity contribution in [1.29, 1.82) is 0 Å². The van der Waals surface area contributed by atoms with Crippen LogP contribution in [0.25, 0.3) is 0 Å². The van der Waals surface area contributed by atoms with Crippen molar-refractivity contribution < 1.29 is 14.7 Å². The van der Waals surface area contributed by atoms with Gasteiger partial charge in [0.15, 0.2) is 0 Å². The SMILES string of the molecule is CC(=O)N1CCc2ccccc2C1CC(=O)N(CCO)C1CC1. The van der Waals surface area contributed by atoms with E-state index in [9.17, 15) is 14.7 Å². The average molecular weight is 316 g/mol. The zero-order valence-corrected chi connectivity index (χ0v) is 13.6. The first kappa shape index (κ1) is 16.0. The third kappa shape index (κ3) is 3.39. The molecular weight excluding hydrogens is 292 g/mol. The number of carbonyl (C=O) groups excluding carboxylic acids is 2. The van der Waals surface area contributed by atoms with Crippen molar-refractivity contribution in [2.75, 3.05) is 19.7 Å². The van der Waals surface area contributed by atoms with E-state index in [4.69, 9.17) is 0 Å². The molecule has 2 aliphatic rings. The van der Waals surface area contributed by atoms with Crippen molar-refractivity contribution in [3.05, 3.63) is 35.4 Å². The predicted octanol–water partition coefficient (Wildman–Crippen LogP) is 1.51. The molecule has 0 aromatic heterocycles. The highest BCUT2D eigenvalue weighted by molar-refractivity contribution is 5.80. The van der Waals surface area contributed by atoms with Crippen LogP contribution in [0.3, 0.4) is 0 Å². The maximum Gasteiger partial charge on any atom is 0.225 e. The van der Waals surface area contributed by atoms with E-state index in [0.717, 1.165) is 24.8 Å². The summed E-state index contributed by atoms with van der Waals surface area (Å²) in [6, 6.07) is 8.16. The lowest BCUT2D eigenvalue weighted by Crippen LogP contribution is -2.43. The molecule has 1 aliphatic heterocycles. The summed E-state index contributed by atoms with van der Waals surface area (Å²) in [6.07, 6.45) is 3.17. The van der Waals surface area contributed by atoms with Gasteiger partial charge >= 0.3 is 0 Å². The molecule has 1 atom stereocenters. The summed E-state index contributed by atoms with van der Waals surface area (Å²) in [5.74, 6) is 0.0481. The lowest BCUT2D eigenvalue weighted by molar-refractivity contribution is -0.137. The number of hydrogen-bond donors (Lipinski definition) is 1. The number of rotatable bonds is 5. The first-order valence-corrected chi connectivity index (χ1v) is 8.37. The Hall–Kier alpha value is -1.88. The average Bonchev–Trinajstić information content (AvgIpc) is 3.37. The molecule has 23 heavy (non-hydrogen) atoms. The van der Waals surface area contributed by atoms with Gasteiger partial charge in [0.25, 0.3) is 0 Å². The fraction of sp³-hybridized carbons (Fsp3) is 0.556. The smallest absolute Gasteiger partial charge is 0.225 e. The molecule has 1 aliphatic carbocycles. The predicted molar refractivity (Wildman–Crippen MR) is 86.7 cm³/mol. The second kappa shape index (κ2) is 6.71. The molecule has 0 radical (unpaired) electrons. The number of amides is 2. The highest BCUT2D eigenvalue weighted by Gasteiger charge is 2.36. The molecule has 1 aromatic rings. The summed E-state index contributed by atoms with van der Waals surface area (Å²) in [5.41, 5.74) is 2.31. The van der Waals surface area contributed by atoms with E-state index >= 15 is 0 Å². The molecule has 1 aromatic carbocycles. The molecule has 1 unspecified atom stereocenters. The monoisotopic (exact) mass is 316 g/mol. The summed E-state index contributed by atoms with van der Waals surface area (Å²) in [5, 5.41) is 9.21. The molecule has 1 fully saturated rings.